The summed E-state index contributed by atoms with van der Waals surface area (Å²) in [6.45, 7) is 0.215. The van der Waals surface area contributed by atoms with Gasteiger partial charge in [-0.25, -0.2) is 9.37 Å². The second kappa shape index (κ2) is 6.34. The molecule has 1 aromatic carbocycles. The first-order chi connectivity index (χ1) is 12.5. The maximum atomic E-state index is 13.7. The van der Waals surface area contributed by atoms with Crippen LogP contribution in [0.3, 0.4) is 0 Å². The number of imidazole rings is 1. The molecule has 3 aromatic rings. The van der Waals surface area contributed by atoms with Crippen molar-refractivity contribution >= 4 is 5.91 Å². The van der Waals surface area contributed by atoms with E-state index in [4.69, 9.17) is 5.73 Å². The predicted octanol–water partition coefficient (Wildman–Crippen LogP) is 2.39. The lowest BCUT2D eigenvalue weighted by Gasteiger charge is -2.08. The van der Waals surface area contributed by atoms with Crippen molar-refractivity contribution in [1.29, 1.82) is 0 Å². The zero-order valence-electron chi connectivity index (χ0n) is 14.0. The van der Waals surface area contributed by atoms with E-state index in [9.17, 15) is 9.18 Å². The lowest BCUT2D eigenvalue weighted by molar-refractivity contribution is -0.123. The third-order valence-electron chi connectivity index (χ3n) is 4.43. The summed E-state index contributed by atoms with van der Waals surface area (Å²) in [4.78, 5) is 24.1. The largest absolute Gasteiger partial charge is 0.347 e. The van der Waals surface area contributed by atoms with Gasteiger partial charge >= 0.3 is 0 Å². The number of carbonyl (C=O) groups excluding carboxylic acids is 1. The minimum absolute atomic E-state index is 0.180. The number of benzene rings is 1. The molecule has 0 radical (unpaired) electrons. The van der Waals surface area contributed by atoms with Crippen molar-refractivity contribution in [2.24, 2.45) is 5.73 Å². The van der Waals surface area contributed by atoms with Crippen LogP contribution in [0, 0.1) is 5.82 Å². The minimum atomic E-state index is -0.734. The summed E-state index contributed by atoms with van der Waals surface area (Å²) < 4.78 is 13.7. The number of nitrogens with two attached hydrogens (primary N) is 1. The average Bonchev–Trinajstić information content (AvgIpc) is 3.27. The van der Waals surface area contributed by atoms with Gasteiger partial charge < -0.3 is 16.0 Å². The Morgan fingerprint density at radius 1 is 1.27 bits per heavy atom. The first-order valence-corrected chi connectivity index (χ1v) is 8.39. The lowest BCUT2D eigenvalue weighted by atomic mass is 10.1. The molecule has 0 saturated heterocycles. The van der Waals surface area contributed by atoms with Gasteiger partial charge in [0.25, 0.3) is 0 Å². The number of H-pyrrole nitrogens is 1. The summed E-state index contributed by atoms with van der Waals surface area (Å²) in [6.07, 6.45) is 3.08. The summed E-state index contributed by atoms with van der Waals surface area (Å²) in [7, 11) is 0. The van der Waals surface area contributed by atoms with Crippen LogP contribution in [-0.4, -0.2) is 26.4 Å². The van der Waals surface area contributed by atoms with Gasteiger partial charge in [0.15, 0.2) is 0 Å². The summed E-state index contributed by atoms with van der Waals surface area (Å²) >= 11 is 0. The molecule has 2 aromatic heterocycles. The van der Waals surface area contributed by atoms with Crippen molar-refractivity contribution in [2.75, 3.05) is 0 Å². The fourth-order valence-corrected chi connectivity index (χ4v) is 2.75. The maximum absolute atomic E-state index is 13.7. The van der Waals surface area contributed by atoms with Gasteiger partial charge in [0.1, 0.15) is 11.6 Å². The lowest BCUT2D eigenvalue weighted by Crippen LogP contribution is -2.42. The van der Waals surface area contributed by atoms with Gasteiger partial charge in [-0.3, -0.25) is 9.78 Å². The molecule has 1 amide bonds. The van der Waals surface area contributed by atoms with E-state index in [0.717, 1.165) is 0 Å². The summed E-state index contributed by atoms with van der Waals surface area (Å²) in [5.74, 6) is 0.0363. The highest BCUT2D eigenvalue weighted by atomic mass is 19.1. The standard InChI is InChI=1S/C19H18FN5O/c20-13-5-3-4-12(10-13)16-17(14-6-1-2-9-22-14)25-15(24-16)11-23-18(26)19(21)7-8-19/h1-6,9-10H,7-8,11,21H2,(H,23,26)(H,24,25). The highest BCUT2D eigenvalue weighted by Crippen LogP contribution is 2.32. The number of aromatic amines is 1. The van der Waals surface area contributed by atoms with Crippen LogP contribution in [0.25, 0.3) is 22.6 Å². The third kappa shape index (κ3) is 3.21. The normalized spacial score (nSPS) is 14.8. The number of pyridine rings is 1. The molecule has 1 saturated carbocycles. The van der Waals surface area contributed by atoms with Gasteiger partial charge in [0.05, 0.1) is 29.2 Å². The van der Waals surface area contributed by atoms with Crippen molar-refractivity contribution < 1.29 is 9.18 Å². The quantitative estimate of drug-likeness (QED) is 0.657. The Bertz CT molecular complexity index is 950. The third-order valence-corrected chi connectivity index (χ3v) is 4.43. The molecule has 132 valence electrons. The van der Waals surface area contributed by atoms with E-state index in [1.54, 1.807) is 18.3 Å². The number of aromatic nitrogens is 3. The van der Waals surface area contributed by atoms with Crippen molar-refractivity contribution in [2.45, 2.75) is 24.9 Å². The van der Waals surface area contributed by atoms with Gasteiger partial charge in [-0.2, -0.15) is 0 Å². The average molecular weight is 351 g/mol. The fourth-order valence-electron chi connectivity index (χ4n) is 2.75. The monoisotopic (exact) mass is 351 g/mol. The molecule has 0 spiro atoms. The van der Waals surface area contributed by atoms with Crippen molar-refractivity contribution in [3.63, 3.8) is 0 Å². The molecule has 4 rings (SSSR count). The molecule has 6 nitrogen and oxygen atoms in total. The van der Waals surface area contributed by atoms with Crippen LogP contribution >= 0.6 is 0 Å². The smallest absolute Gasteiger partial charge is 0.240 e. The predicted molar refractivity (Wildman–Crippen MR) is 95.2 cm³/mol. The molecule has 1 aliphatic carbocycles. The molecule has 1 aliphatic rings. The van der Waals surface area contributed by atoms with Crippen LogP contribution in [0.4, 0.5) is 4.39 Å². The topological polar surface area (TPSA) is 96.7 Å². The number of carbonyl (C=O) groups is 1. The van der Waals surface area contributed by atoms with Crippen LogP contribution in [0.2, 0.25) is 0 Å². The number of halogens is 1. The van der Waals surface area contributed by atoms with Gasteiger partial charge in [0, 0.05) is 11.8 Å². The van der Waals surface area contributed by atoms with Crippen molar-refractivity contribution in [3.05, 3.63) is 60.3 Å². The van der Waals surface area contributed by atoms with E-state index < -0.39 is 5.54 Å². The molecule has 1 fully saturated rings. The number of nitrogens with zero attached hydrogens (tertiary/aromatic N) is 2. The van der Waals surface area contributed by atoms with Crippen LogP contribution in [0.1, 0.15) is 18.7 Å². The number of nitrogens with one attached hydrogen (secondary N) is 2. The zero-order chi connectivity index (χ0) is 18.1. The fraction of sp³-hybridized carbons (Fsp3) is 0.211. The Morgan fingerprint density at radius 3 is 2.81 bits per heavy atom. The van der Waals surface area contributed by atoms with Crippen LogP contribution in [0.5, 0.6) is 0 Å². The molecule has 26 heavy (non-hydrogen) atoms. The van der Waals surface area contributed by atoms with Gasteiger partial charge in [-0.1, -0.05) is 18.2 Å². The Kier molecular flexibility index (Phi) is 4.00. The Balaban J connectivity index is 1.67. The minimum Gasteiger partial charge on any atom is -0.347 e. The molecule has 0 aliphatic heterocycles. The molecule has 0 bridgehead atoms. The van der Waals surface area contributed by atoms with E-state index in [0.29, 0.717) is 41.3 Å². The molecule has 2 heterocycles. The van der Waals surface area contributed by atoms with Crippen molar-refractivity contribution in [1.82, 2.24) is 20.3 Å². The molecule has 0 atom stereocenters. The first kappa shape index (κ1) is 16.4. The SMILES string of the molecule is NC1(C(=O)NCc2nc(-c3cccc(F)c3)c(-c3ccccn3)[nH]2)CC1. The van der Waals surface area contributed by atoms with E-state index in [1.165, 1.54) is 12.1 Å². The van der Waals surface area contributed by atoms with Gasteiger partial charge in [0.2, 0.25) is 5.91 Å². The maximum Gasteiger partial charge on any atom is 0.240 e. The van der Waals surface area contributed by atoms with E-state index >= 15 is 0 Å². The number of rotatable bonds is 5. The Hall–Kier alpha value is -3.06. The summed E-state index contributed by atoms with van der Waals surface area (Å²) in [5.41, 5.74) is 7.74. The molecule has 7 heteroatoms. The number of hydrogen-bond donors (Lipinski definition) is 3. The summed E-state index contributed by atoms with van der Waals surface area (Å²) in [6, 6.07) is 11.8. The highest BCUT2D eigenvalue weighted by molar-refractivity contribution is 5.89. The zero-order valence-corrected chi connectivity index (χ0v) is 14.0. The first-order valence-electron chi connectivity index (χ1n) is 8.39. The second-order valence-corrected chi connectivity index (χ2v) is 6.47. The molecule has 0 unspecified atom stereocenters. The van der Waals surface area contributed by atoms with Crippen LogP contribution in [-0.2, 0) is 11.3 Å². The van der Waals surface area contributed by atoms with Gasteiger partial charge in [-0.05, 0) is 37.1 Å². The van der Waals surface area contributed by atoms with Crippen molar-refractivity contribution in [3.8, 4) is 22.6 Å². The number of hydrogen-bond acceptors (Lipinski definition) is 4. The Labute approximate surface area is 149 Å². The highest BCUT2D eigenvalue weighted by Gasteiger charge is 2.45. The number of amides is 1. The van der Waals surface area contributed by atoms with E-state index in [-0.39, 0.29) is 18.3 Å². The van der Waals surface area contributed by atoms with E-state index in [1.807, 2.05) is 18.2 Å². The molecular weight excluding hydrogens is 333 g/mol. The van der Waals surface area contributed by atoms with Crippen LogP contribution in [0.15, 0.2) is 48.7 Å². The Morgan fingerprint density at radius 2 is 2.12 bits per heavy atom. The molecular formula is C19H18FN5O. The summed E-state index contributed by atoms with van der Waals surface area (Å²) in [5, 5.41) is 2.80. The van der Waals surface area contributed by atoms with Crippen LogP contribution < -0.4 is 11.1 Å². The second-order valence-electron chi connectivity index (χ2n) is 6.47. The molecule has 4 N–H and O–H groups in total. The van der Waals surface area contributed by atoms with E-state index in [2.05, 4.69) is 20.3 Å². The van der Waals surface area contributed by atoms with Gasteiger partial charge in [-0.15, -0.1) is 0 Å².